The Morgan fingerprint density at radius 3 is 2.41 bits per heavy atom. The lowest BCUT2D eigenvalue weighted by Gasteiger charge is -2.32. The van der Waals surface area contributed by atoms with Gasteiger partial charge in [-0.3, -0.25) is 14.4 Å². The highest BCUT2D eigenvalue weighted by atomic mass is 16.5. The Balaban J connectivity index is 0.000000913. The number of nitrogens with zero attached hydrogens (tertiary/aromatic N) is 5. The number of ether oxygens (including phenoxy) is 1. The molecule has 1 N–H and O–H groups in total. The van der Waals surface area contributed by atoms with Crippen molar-refractivity contribution < 1.29 is 19.4 Å². The highest BCUT2D eigenvalue weighted by Gasteiger charge is 2.28. The summed E-state index contributed by atoms with van der Waals surface area (Å²) in [6.07, 6.45) is 6.64. The Labute approximate surface area is 184 Å². The van der Waals surface area contributed by atoms with Crippen molar-refractivity contribution in [1.82, 2.24) is 24.2 Å². The van der Waals surface area contributed by atoms with Crippen molar-refractivity contribution in [3.8, 4) is 5.75 Å². The lowest BCUT2D eigenvalue weighted by Crippen LogP contribution is -2.40. The van der Waals surface area contributed by atoms with Gasteiger partial charge in [0, 0.05) is 38.4 Å². The molecular formula is C22H25N5O5. The summed E-state index contributed by atoms with van der Waals surface area (Å²) >= 11 is 0. The number of hydrogen-bond acceptors (Lipinski definition) is 6. The summed E-state index contributed by atoms with van der Waals surface area (Å²) in [5.74, 6) is -0.0831. The molecule has 10 nitrogen and oxygen atoms in total. The normalized spacial score (nSPS) is 13.7. The molecule has 0 atom stereocenters. The van der Waals surface area contributed by atoms with Crippen LogP contribution in [0.2, 0.25) is 0 Å². The molecule has 1 saturated heterocycles. The van der Waals surface area contributed by atoms with Crippen LogP contribution in [0.3, 0.4) is 0 Å². The maximum Gasteiger partial charge on any atom is 0.290 e. The Bertz CT molecular complexity index is 1070. The molecule has 1 fully saturated rings. The minimum atomic E-state index is -0.290. The van der Waals surface area contributed by atoms with Gasteiger partial charge >= 0.3 is 0 Å². The van der Waals surface area contributed by atoms with E-state index in [2.05, 4.69) is 10.2 Å². The number of carbonyl (C=O) groups is 2. The summed E-state index contributed by atoms with van der Waals surface area (Å²) < 4.78 is 9.47. The third kappa shape index (κ3) is 5.39. The Morgan fingerprint density at radius 1 is 1.16 bits per heavy atom. The standard InChI is InChI=1S/C21H23N5O3.CH2O2/c1-24-10-9-18(27)20(29-13-16-5-3-2-4-6-16)19(24)21(28)25-11-7-17(8-12-25)26-14-22-23-15-26;2-1-3/h2-6,9-10,14-15,17H,7-8,11-13H2,1H3;1H,(H,2,3). The van der Waals surface area contributed by atoms with Gasteiger partial charge < -0.3 is 23.9 Å². The zero-order chi connectivity index (χ0) is 22.9. The number of aromatic nitrogens is 4. The van der Waals surface area contributed by atoms with Crippen molar-refractivity contribution in [3.63, 3.8) is 0 Å². The molecule has 0 radical (unpaired) electrons. The van der Waals surface area contributed by atoms with E-state index in [4.69, 9.17) is 14.6 Å². The first kappa shape index (κ1) is 22.7. The van der Waals surface area contributed by atoms with E-state index in [0.717, 1.165) is 18.4 Å². The van der Waals surface area contributed by atoms with Crippen molar-refractivity contribution in [3.05, 3.63) is 76.7 Å². The first-order valence-corrected chi connectivity index (χ1v) is 10.1. The quantitative estimate of drug-likeness (QED) is 0.601. The number of rotatable bonds is 5. The number of hydrogen-bond donors (Lipinski definition) is 1. The molecule has 0 aliphatic carbocycles. The molecule has 0 bridgehead atoms. The van der Waals surface area contributed by atoms with Gasteiger partial charge in [-0.15, -0.1) is 10.2 Å². The fraction of sp³-hybridized carbons (Fsp3) is 0.318. The van der Waals surface area contributed by atoms with Crippen LogP contribution < -0.4 is 10.2 Å². The van der Waals surface area contributed by atoms with Crippen LogP contribution in [-0.2, 0) is 18.4 Å². The highest BCUT2D eigenvalue weighted by molar-refractivity contribution is 5.95. The molecule has 1 amide bonds. The van der Waals surface area contributed by atoms with Crippen LogP contribution in [0.1, 0.15) is 34.9 Å². The summed E-state index contributed by atoms with van der Waals surface area (Å²) in [4.78, 5) is 35.9. The van der Waals surface area contributed by atoms with E-state index < -0.39 is 0 Å². The average Bonchev–Trinajstić information content (AvgIpc) is 3.35. The molecule has 3 heterocycles. The molecule has 32 heavy (non-hydrogen) atoms. The first-order chi connectivity index (χ1) is 15.5. The number of pyridine rings is 1. The van der Waals surface area contributed by atoms with Crippen molar-refractivity contribution in [1.29, 1.82) is 0 Å². The molecule has 0 spiro atoms. The van der Waals surface area contributed by atoms with Gasteiger partial charge in [0.2, 0.25) is 5.43 Å². The molecular weight excluding hydrogens is 414 g/mol. The monoisotopic (exact) mass is 439 g/mol. The Morgan fingerprint density at radius 2 is 1.78 bits per heavy atom. The van der Waals surface area contributed by atoms with Gasteiger partial charge in [-0.1, -0.05) is 30.3 Å². The molecule has 0 unspecified atom stereocenters. The van der Waals surface area contributed by atoms with E-state index in [-0.39, 0.29) is 41.9 Å². The predicted octanol–water partition coefficient (Wildman–Crippen LogP) is 1.73. The zero-order valence-electron chi connectivity index (χ0n) is 17.7. The molecule has 168 valence electrons. The first-order valence-electron chi connectivity index (χ1n) is 10.1. The molecule has 1 aromatic carbocycles. The number of benzene rings is 1. The largest absolute Gasteiger partial charge is 0.483 e. The second-order valence-electron chi connectivity index (χ2n) is 7.28. The van der Waals surface area contributed by atoms with E-state index in [0.29, 0.717) is 13.1 Å². The van der Waals surface area contributed by atoms with Gasteiger partial charge in [0.05, 0.1) is 0 Å². The second-order valence-corrected chi connectivity index (χ2v) is 7.28. The van der Waals surface area contributed by atoms with Crippen LogP contribution in [0, 0.1) is 0 Å². The molecule has 1 aliphatic heterocycles. The summed E-state index contributed by atoms with van der Waals surface area (Å²) in [6, 6.07) is 11.3. The Kier molecular flexibility index (Phi) is 7.74. The van der Waals surface area contributed by atoms with Gasteiger partial charge in [0.15, 0.2) is 11.4 Å². The highest BCUT2D eigenvalue weighted by Crippen LogP contribution is 2.24. The predicted molar refractivity (Wildman–Crippen MR) is 115 cm³/mol. The van der Waals surface area contributed by atoms with Gasteiger partial charge in [-0.05, 0) is 18.4 Å². The van der Waals surface area contributed by atoms with E-state index in [9.17, 15) is 9.59 Å². The van der Waals surface area contributed by atoms with Gasteiger partial charge in [0.25, 0.3) is 12.4 Å². The van der Waals surface area contributed by atoms with Crippen LogP contribution in [0.25, 0.3) is 0 Å². The molecule has 10 heteroatoms. The fourth-order valence-electron chi connectivity index (χ4n) is 3.64. The maximum atomic E-state index is 13.3. The van der Waals surface area contributed by atoms with Crippen LogP contribution in [0.4, 0.5) is 0 Å². The minimum Gasteiger partial charge on any atom is -0.483 e. The van der Waals surface area contributed by atoms with E-state index >= 15 is 0 Å². The summed E-state index contributed by atoms with van der Waals surface area (Å²) in [6.45, 7) is 1.18. The number of amides is 1. The third-order valence-corrected chi connectivity index (χ3v) is 5.28. The van der Waals surface area contributed by atoms with Gasteiger partial charge in [-0.25, -0.2) is 0 Å². The minimum absolute atomic E-state index is 0.102. The number of piperidine rings is 1. The van der Waals surface area contributed by atoms with Crippen LogP contribution in [0.15, 0.2) is 60.0 Å². The van der Waals surface area contributed by atoms with E-state index in [1.54, 1.807) is 35.4 Å². The molecule has 0 saturated carbocycles. The van der Waals surface area contributed by atoms with Crippen LogP contribution in [-0.4, -0.2) is 54.8 Å². The van der Waals surface area contributed by atoms with Crippen LogP contribution in [0.5, 0.6) is 5.75 Å². The van der Waals surface area contributed by atoms with Gasteiger partial charge in [-0.2, -0.15) is 0 Å². The lowest BCUT2D eigenvalue weighted by molar-refractivity contribution is -0.122. The number of carboxylic acid groups (broad SMARTS) is 1. The van der Waals surface area contributed by atoms with Crippen molar-refractivity contribution in [2.45, 2.75) is 25.5 Å². The third-order valence-electron chi connectivity index (χ3n) is 5.28. The molecule has 4 rings (SSSR count). The summed E-state index contributed by atoms with van der Waals surface area (Å²) in [7, 11) is 1.76. The maximum absolute atomic E-state index is 13.3. The zero-order valence-corrected chi connectivity index (χ0v) is 17.7. The number of aryl methyl sites for hydroxylation is 1. The average molecular weight is 439 g/mol. The van der Waals surface area contributed by atoms with E-state index in [1.807, 2.05) is 34.9 Å². The summed E-state index contributed by atoms with van der Waals surface area (Å²) in [5, 5.41) is 14.6. The number of likely N-dealkylation sites (tertiary alicyclic amines) is 1. The van der Waals surface area contributed by atoms with Crippen LogP contribution >= 0.6 is 0 Å². The second kappa shape index (κ2) is 10.9. The molecule has 2 aromatic heterocycles. The fourth-order valence-corrected chi connectivity index (χ4v) is 3.64. The SMILES string of the molecule is Cn1ccc(=O)c(OCc2ccccc2)c1C(=O)N1CCC(n2cnnc2)CC1.O=CO. The van der Waals surface area contributed by atoms with Gasteiger partial charge in [0.1, 0.15) is 19.3 Å². The summed E-state index contributed by atoms with van der Waals surface area (Å²) in [5.41, 5.74) is 0.935. The Hall–Kier alpha value is -3.95. The van der Waals surface area contributed by atoms with Crippen molar-refractivity contribution in [2.24, 2.45) is 7.05 Å². The van der Waals surface area contributed by atoms with Crippen molar-refractivity contribution in [2.75, 3.05) is 13.1 Å². The lowest BCUT2D eigenvalue weighted by atomic mass is 10.0. The van der Waals surface area contributed by atoms with Crippen molar-refractivity contribution >= 4 is 12.4 Å². The van der Waals surface area contributed by atoms with E-state index in [1.165, 1.54) is 6.07 Å². The molecule has 1 aliphatic rings. The smallest absolute Gasteiger partial charge is 0.290 e. The number of carbonyl (C=O) groups excluding carboxylic acids is 1. The molecule has 3 aromatic rings. The topological polar surface area (TPSA) is 120 Å².